The number of carbonyl (C=O) groups excluding carboxylic acids is 1. The molecule has 1 aliphatic heterocycles. The lowest BCUT2D eigenvalue weighted by molar-refractivity contribution is -0.122. The summed E-state index contributed by atoms with van der Waals surface area (Å²) >= 11 is 0. The highest BCUT2D eigenvalue weighted by atomic mass is 16.1. The van der Waals surface area contributed by atoms with Gasteiger partial charge in [-0.15, -0.1) is 0 Å². The molecule has 2 atom stereocenters. The molecule has 0 aromatic heterocycles. The topological polar surface area (TPSA) is 41.1 Å². The van der Waals surface area contributed by atoms with Crippen molar-refractivity contribution in [2.75, 3.05) is 13.1 Å². The molecule has 0 spiro atoms. The van der Waals surface area contributed by atoms with E-state index in [1.54, 1.807) is 0 Å². The molecule has 3 nitrogen and oxygen atoms in total. The van der Waals surface area contributed by atoms with E-state index in [2.05, 4.69) is 41.0 Å². The van der Waals surface area contributed by atoms with E-state index in [0.717, 1.165) is 31.8 Å². The van der Waals surface area contributed by atoms with Gasteiger partial charge in [0.1, 0.15) is 0 Å². The summed E-state index contributed by atoms with van der Waals surface area (Å²) in [6, 6.07) is 11.0. The zero-order valence-corrected chi connectivity index (χ0v) is 14.1. The number of carbonyl (C=O) groups is 1. The van der Waals surface area contributed by atoms with Crippen LogP contribution in [0.15, 0.2) is 30.3 Å². The Labute approximate surface area is 140 Å². The Kier molecular flexibility index (Phi) is 6.09. The van der Waals surface area contributed by atoms with Gasteiger partial charge in [0.15, 0.2) is 0 Å². The molecule has 2 fully saturated rings. The van der Waals surface area contributed by atoms with Gasteiger partial charge in [0, 0.05) is 18.4 Å². The molecular formula is C20H30N2O. The van der Waals surface area contributed by atoms with Crippen molar-refractivity contribution in [1.29, 1.82) is 0 Å². The van der Waals surface area contributed by atoms with E-state index >= 15 is 0 Å². The lowest BCUT2D eigenvalue weighted by atomic mass is 9.80. The summed E-state index contributed by atoms with van der Waals surface area (Å²) in [6.45, 7) is 2.23. The van der Waals surface area contributed by atoms with Crippen LogP contribution in [0.3, 0.4) is 0 Å². The molecule has 1 saturated carbocycles. The van der Waals surface area contributed by atoms with E-state index in [-0.39, 0.29) is 5.91 Å². The summed E-state index contributed by atoms with van der Waals surface area (Å²) in [5.74, 6) is 1.49. The van der Waals surface area contributed by atoms with Crippen LogP contribution >= 0.6 is 0 Å². The van der Waals surface area contributed by atoms with Crippen LogP contribution in [0.25, 0.3) is 0 Å². The fourth-order valence-corrected chi connectivity index (χ4v) is 4.19. The molecule has 2 aliphatic rings. The maximum atomic E-state index is 12.4. The number of rotatable bonds is 5. The highest BCUT2D eigenvalue weighted by Crippen LogP contribution is 2.33. The van der Waals surface area contributed by atoms with Gasteiger partial charge in [-0.2, -0.15) is 0 Å². The van der Waals surface area contributed by atoms with Crippen molar-refractivity contribution < 1.29 is 4.79 Å². The van der Waals surface area contributed by atoms with Gasteiger partial charge < -0.3 is 10.6 Å². The Bertz CT molecular complexity index is 482. The zero-order chi connectivity index (χ0) is 15.9. The molecule has 3 rings (SSSR count). The van der Waals surface area contributed by atoms with E-state index in [0.29, 0.717) is 18.4 Å². The summed E-state index contributed by atoms with van der Waals surface area (Å²) in [6.07, 6.45) is 9.04. The van der Waals surface area contributed by atoms with E-state index in [1.165, 1.54) is 37.7 Å². The molecule has 1 aromatic carbocycles. The van der Waals surface area contributed by atoms with Gasteiger partial charge in [0.05, 0.1) is 0 Å². The van der Waals surface area contributed by atoms with Crippen molar-refractivity contribution >= 4 is 5.91 Å². The lowest BCUT2D eigenvalue weighted by Gasteiger charge is -2.33. The Morgan fingerprint density at radius 2 is 1.78 bits per heavy atom. The first-order valence-corrected chi connectivity index (χ1v) is 9.38. The minimum atomic E-state index is 0.261. The molecule has 1 heterocycles. The van der Waals surface area contributed by atoms with E-state index < -0.39 is 0 Å². The standard InChI is InChI=1S/C20H30N2O/c23-20(11-10-16-12-14-21-15-13-16)22-19-9-5-4-8-18(19)17-6-2-1-3-7-17/h1-3,6-7,16,18-19,21H,4-5,8-15H2,(H,22,23). The number of amides is 1. The quantitative estimate of drug-likeness (QED) is 0.872. The molecular weight excluding hydrogens is 284 g/mol. The lowest BCUT2D eigenvalue weighted by Crippen LogP contribution is -2.41. The maximum absolute atomic E-state index is 12.4. The van der Waals surface area contributed by atoms with Crippen LogP contribution < -0.4 is 10.6 Å². The van der Waals surface area contributed by atoms with Gasteiger partial charge in [-0.05, 0) is 56.7 Å². The van der Waals surface area contributed by atoms with Crippen LogP contribution in [0.4, 0.5) is 0 Å². The van der Waals surface area contributed by atoms with Gasteiger partial charge in [-0.25, -0.2) is 0 Å². The maximum Gasteiger partial charge on any atom is 0.220 e. The number of hydrogen-bond donors (Lipinski definition) is 2. The molecule has 2 unspecified atom stereocenters. The third kappa shape index (κ3) is 4.81. The Hall–Kier alpha value is -1.35. The van der Waals surface area contributed by atoms with Crippen LogP contribution in [0.2, 0.25) is 0 Å². The smallest absolute Gasteiger partial charge is 0.220 e. The highest BCUT2D eigenvalue weighted by molar-refractivity contribution is 5.76. The third-order valence-electron chi connectivity index (χ3n) is 5.58. The molecule has 0 bridgehead atoms. The summed E-state index contributed by atoms with van der Waals surface area (Å²) in [7, 11) is 0. The van der Waals surface area contributed by atoms with Gasteiger partial charge >= 0.3 is 0 Å². The van der Waals surface area contributed by atoms with Crippen LogP contribution in [0.5, 0.6) is 0 Å². The SMILES string of the molecule is O=C(CCC1CCNCC1)NC1CCCCC1c1ccccc1. The van der Waals surface area contributed by atoms with Gasteiger partial charge in [-0.1, -0.05) is 43.2 Å². The number of benzene rings is 1. The van der Waals surface area contributed by atoms with Gasteiger partial charge in [0.2, 0.25) is 5.91 Å². The third-order valence-corrected chi connectivity index (χ3v) is 5.58. The molecule has 1 amide bonds. The minimum Gasteiger partial charge on any atom is -0.353 e. The normalized spacial score (nSPS) is 25.9. The van der Waals surface area contributed by atoms with Crippen LogP contribution in [0, 0.1) is 5.92 Å². The van der Waals surface area contributed by atoms with Gasteiger partial charge in [0.25, 0.3) is 0 Å². The Balaban J connectivity index is 1.51. The fourth-order valence-electron chi connectivity index (χ4n) is 4.19. The zero-order valence-electron chi connectivity index (χ0n) is 14.1. The first-order chi connectivity index (χ1) is 11.3. The Morgan fingerprint density at radius 1 is 1.04 bits per heavy atom. The number of hydrogen-bond acceptors (Lipinski definition) is 2. The predicted octanol–water partition coefficient (Wildman–Crippen LogP) is 3.61. The second-order valence-corrected chi connectivity index (χ2v) is 7.21. The molecule has 1 aliphatic carbocycles. The largest absolute Gasteiger partial charge is 0.353 e. The molecule has 1 aromatic rings. The van der Waals surface area contributed by atoms with Crippen LogP contribution in [-0.4, -0.2) is 25.0 Å². The summed E-state index contributed by atoms with van der Waals surface area (Å²) in [5.41, 5.74) is 1.39. The first kappa shape index (κ1) is 16.5. The molecule has 0 radical (unpaired) electrons. The highest BCUT2D eigenvalue weighted by Gasteiger charge is 2.27. The monoisotopic (exact) mass is 314 g/mol. The summed E-state index contributed by atoms with van der Waals surface area (Å²) in [5, 5.41) is 6.74. The molecule has 126 valence electrons. The second-order valence-electron chi connectivity index (χ2n) is 7.21. The molecule has 23 heavy (non-hydrogen) atoms. The van der Waals surface area contributed by atoms with E-state index in [4.69, 9.17) is 0 Å². The number of piperidine rings is 1. The van der Waals surface area contributed by atoms with Crippen molar-refractivity contribution in [2.24, 2.45) is 5.92 Å². The van der Waals surface area contributed by atoms with Crippen molar-refractivity contribution in [1.82, 2.24) is 10.6 Å². The summed E-state index contributed by atoms with van der Waals surface area (Å²) < 4.78 is 0. The number of nitrogens with one attached hydrogen (secondary N) is 2. The van der Waals surface area contributed by atoms with Crippen molar-refractivity contribution in [2.45, 2.75) is 63.3 Å². The molecule has 2 N–H and O–H groups in total. The van der Waals surface area contributed by atoms with Crippen molar-refractivity contribution in [3.63, 3.8) is 0 Å². The van der Waals surface area contributed by atoms with Crippen molar-refractivity contribution in [3.8, 4) is 0 Å². The molecule has 3 heteroatoms. The minimum absolute atomic E-state index is 0.261. The van der Waals surface area contributed by atoms with Gasteiger partial charge in [-0.3, -0.25) is 4.79 Å². The van der Waals surface area contributed by atoms with Crippen molar-refractivity contribution in [3.05, 3.63) is 35.9 Å². The predicted molar refractivity (Wildman–Crippen MR) is 94.4 cm³/mol. The summed E-state index contributed by atoms with van der Waals surface area (Å²) in [4.78, 5) is 12.4. The fraction of sp³-hybridized carbons (Fsp3) is 0.650. The average molecular weight is 314 g/mol. The average Bonchev–Trinajstić information content (AvgIpc) is 2.62. The van der Waals surface area contributed by atoms with E-state index in [9.17, 15) is 4.79 Å². The van der Waals surface area contributed by atoms with E-state index in [1.807, 2.05) is 0 Å². The second kappa shape index (κ2) is 8.49. The van der Waals surface area contributed by atoms with Crippen LogP contribution in [0.1, 0.15) is 62.8 Å². The Morgan fingerprint density at radius 3 is 2.57 bits per heavy atom. The van der Waals surface area contributed by atoms with Crippen LogP contribution in [-0.2, 0) is 4.79 Å². The molecule has 1 saturated heterocycles. The first-order valence-electron chi connectivity index (χ1n) is 9.38.